The smallest absolute Gasteiger partial charge is 0.309 e. The molecule has 112 valence electrons. The van der Waals surface area contributed by atoms with Gasteiger partial charge < -0.3 is 4.57 Å². The van der Waals surface area contributed by atoms with Crippen LogP contribution >= 0.6 is 23.4 Å². The Hall–Kier alpha value is -1.73. The van der Waals surface area contributed by atoms with Gasteiger partial charge in [-0.2, -0.15) is 0 Å². The topological polar surface area (TPSA) is 72.7 Å². The van der Waals surface area contributed by atoms with Crippen molar-refractivity contribution in [3.8, 4) is 0 Å². The number of rotatable bonds is 5. The average molecular weight is 327 g/mol. The summed E-state index contributed by atoms with van der Waals surface area (Å²) in [6.07, 6.45) is 3.53. The number of nitrogens with zero attached hydrogens (tertiary/aromatic N) is 3. The molecule has 2 rings (SSSR count). The molecule has 0 aromatic carbocycles. The largest absolute Gasteiger partial charge is 0.329 e. The fraction of sp³-hybridized carbons (Fsp3) is 0.308. The van der Waals surface area contributed by atoms with Crippen molar-refractivity contribution in [1.82, 2.24) is 19.1 Å². The molecule has 2 heterocycles. The predicted octanol–water partition coefficient (Wildman–Crippen LogP) is 1.84. The predicted molar refractivity (Wildman–Crippen MR) is 86.1 cm³/mol. The number of aromatic nitrogens is 4. The van der Waals surface area contributed by atoms with Gasteiger partial charge in [-0.3, -0.25) is 14.3 Å². The molecule has 0 saturated heterocycles. The molecule has 0 aliphatic carbocycles. The van der Waals surface area contributed by atoms with Crippen molar-refractivity contribution >= 4 is 34.5 Å². The van der Waals surface area contributed by atoms with Crippen LogP contribution < -0.4 is 11.2 Å². The normalized spacial score (nSPS) is 12.0. The molecular formula is C13H15ClN4O2S. The van der Waals surface area contributed by atoms with E-state index in [1.807, 2.05) is 0 Å². The number of allylic oxidation sites excluding steroid dienone is 2. The average Bonchev–Trinajstić information content (AvgIpc) is 2.79. The maximum Gasteiger partial charge on any atom is 0.329 e. The Morgan fingerprint density at radius 1 is 1.52 bits per heavy atom. The fourth-order valence-electron chi connectivity index (χ4n) is 1.84. The number of hydrogen-bond donors (Lipinski definition) is 1. The summed E-state index contributed by atoms with van der Waals surface area (Å²) in [6.45, 7) is 5.84. The third-order valence-corrected chi connectivity index (χ3v) is 3.98. The summed E-state index contributed by atoms with van der Waals surface area (Å²) in [5.74, 6) is 0.652. The van der Waals surface area contributed by atoms with Crippen LogP contribution in [-0.4, -0.2) is 24.9 Å². The van der Waals surface area contributed by atoms with E-state index in [1.54, 1.807) is 30.7 Å². The summed E-state index contributed by atoms with van der Waals surface area (Å²) >= 11 is 7.30. The number of imidazole rings is 1. The Morgan fingerprint density at radius 3 is 2.86 bits per heavy atom. The Kier molecular flexibility index (Phi) is 4.74. The minimum atomic E-state index is -0.485. The van der Waals surface area contributed by atoms with Crippen LogP contribution in [0.25, 0.3) is 11.2 Å². The van der Waals surface area contributed by atoms with E-state index in [2.05, 4.69) is 16.5 Å². The highest BCUT2D eigenvalue weighted by Gasteiger charge is 2.16. The minimum Gasteiger partial charge on any atom is -0.309 e. The molecule has 8 heteroatoms. The number of H-pyrrole nitrogens is 1. The maximum atomic E-state index is 12.1. The third-order valence-electron chi connectivity index (χ3n) is 2.86. The maximum absolute atomic E-state index is 12.1. The number of fused-ring (bicyclic) bond motifs is 1. The number of halogens is 1. The van der Waals surface area contributed by atoms with Crippen molar-refractivity contribution in [3.63, 3.8) is 0 Å². The summed E-state index contributed by atoms with van der Waals surface area (Å²) < 4.78 is 3.07. The van der Waals surface area contributed by atoms with E-state index in [0.29, 0.717) is 33.7 Å². The van der Waals surface area contributed by atoms with E-state index in [4.69, 9.17) is 11.6 Å². The number of aryl methyl sites for hydroxylation is 1. The molecule has 0 aliphatic heterocycles. The Bertz CT molecular complexity index is 827. The number of aromatic amines is 1. The van der Waals surface area contributed by atoms with Crippen molar-refractivity contribution in [2.75, 3.05) is 5.75 Å². The fourth-order valence-corrected chi connectivity index (χ4v) is 2.65. The Morgan fingerprint density at radius 2 is 2.24 bits per heavy atom. The van der Waals surface area contributed by atoms with Gasteiger partial charge in [0, 0.05) is 24.4 Å². The molecule has 1 N–H and O–H groups in total. The van der Waals surface area contributed by atoms with Gasteiger partial charge in [0.1, 0.15) is 0 Å². The van der Waals surface area contributed by atoms with Gasteiger partial charge in [0.2, 0.25) is 0 Å². The van der Waals surface area contributed by atoms with Crippen LogP contribution in [0.15, 0.2) is 38.5 Å². The van der Waals surface area contributed by atoms with Gasteiger partial charge >= 0.3 is 5.69 Å². The van der Waals surface area contributed by atoms with Gasteiger partial charge in [-0.15, -0.1) is 6.58 Å². The lowest BCUT2D eigenvalue weighted by atomic mass is 10.4. The highest BCUT2D eigenvalue weighted by molar-refractivity contribution is 7.99. The van der Waals surface area contributed by atoms with E-state index in [9.17, 15) is 9.59 Å². The quantitative estimate of drug-likeness (QED) is 0.672. The molecule has 0 saturated carbocycles. The summed E-state index contributed by atoms with van der Waals surface area (Å²) in [7, 11) is 1.57. The van der Waals surface area contributed by atoms with Crippen molar-refractivity contribution in [2.24, 2.45) is 7.05 Å². The van der Waals surface area contributed by atoms with Crippen molar-refractivity contribution < 1.29 is 0 Å². The monoisotopic (exact) mass is 326 g/mol. The first-order chi connectivity index (χ1) is 9.95. The second kappa shape index (κ2) is 6.36. The minimum absolute atomic E-state index is 0.357. The molecule has 0 unspecified atom stereocenters. The van der Waals surface area contributed by atoms with Crippen LogP contribution in [0.4, 0.5) is 0 Å². The lowest BCUT2D eigenvalue weighted by molar-refractivity contribution is 0.743. The lowest BCUT2D eigenvalue weighted by Gasteiger charge is -2.04. The van der Waals surface area contributed by atoms with Gasteiger partial charge in [0.05, 0.1) is 0 Å². The molecule has 0 bridgehead atoms. The van der Waals surface area contributed by atoms with Crippen LogP contribution in [0, 0.1) is 0 Å². The van der Waals surface area contributed by atoms with Gasteiger partial charge in [-0.1, -0.05) is 35.5 Å². The second-order valence-electron chi connectivity index (χ2n) is 4.39. The SMILES string of the molecule is C=CCSc1nc2c(c(=O)[nH]c(=O)n2C)n1C/C=C(\C)Cl. The molecule has 21 heavy (non-hydrogen) atoms. The summed E-state index contributed by atoms with van der Waals surface area (Å²) in [5, 5.41) is 1.27. The van der Waals surface area contributed by atoms with Crippen molar-refractivity contribution in [2.45, 2.75) is 18.6 Å². The molecular weight excluding hydrogens is 312 g/mol. The van der Waals surface area contributed by atoms with Crippen LogP contribution in [0.5, 0.6) is 0 Å². The summed E-state index contributed by atoms with van der Waals surface area (Å²) in [5.41, 5.74) is -0.220. The van der Waals surface area contributed by atoms with Gasteiger partial charge in [-0.25, -0.2) is 9.78 Å². The Balaban J connectivity index is 2.73. The van der Waals surface area contributed by atoms with E-state index < -0.39 is 11.2 Å². The number of thioether (sulfide) groups is 1. The zero-order valence-electron chi connectivity index (χ0n) is 11.7. The van der Waals surface area contributed by atoms with Crippen LogP contribution in [0.1, 0.15) is 6.92 Å². The second-order valence-corrected chi connectivity index (χ2v) is 5.97. The van der Waals surface area contributed by atoms with E-state index in [1.165, 1.54) is 16.3 Å². The first-order valence-corrected chi connectivity index (χ1v) is 7.57. The third kappa shape index (κ3) is 3.14. The van der Waals surface area contributed by atoms with Crippen LogP contribution in [0.3, 0.4) is 0 Å². The molecule has 2 aromatic rings. The zero-order valence-corrected chi connectivity index (χ0v) is 13.3. The van der Waals surface area contributed by atoms with E-state index in [-0.39, 0.29) is 0 Å². The highest BCUT2D eigenvalue weighted by Crippen LogP contribution is 2.21. The van der Waals surface area contributed by atoms with Crippen molar-refractivity contribution in [3.05, 3.63) is 44.6 Å². The highest BCUT2D eigenvalue weighted by atomic mass is 35.5. The molecule has 2 aromatic heterocycles. The molecule has 0 fully saturated rings. The first-order valence-electron chi connectivity index (χ1n) is 6.21. The van der Waals surface area contributed by atoms with E-state index >= 15 is 0 Å². The van der Waals surface area contributed by atoms with Crippen LogP contribution in [0.2, 0.25) is 0 Å². The number of hydrogen-bond acceptors (Lipinski definition) is 4. The Labute approximate surface area is 130 Å². The molecule has 0 aliphatic rings. The van der Waals surface area contributed by atoms with Gasteiger partial charge in [-0.05, 0) is 6.92 Å². The van der Waals surface area contributed by atoms with Crippen LogP contribution in [-0.2, 0) is 13.6 Å². The molecule has 0 amide bonds. The summed E-state index contributed by atoms with van der Waals surface area (Å²) in [4.78, 5) is 30.4. The number of nitrogens with one attached hydrogen (secondary N) is 1. The lowest BCUT2D eigenvalue weighted by Crippen LogP contribution is -2.29. The van der Waals surface area contributed by atoms with E-state index in [0.717, 1.165) is 0 Å². The zero-order chi connectivity index (χ0) is 15.6. The molecule has 0 radical (unpaired) electrons. The van der Waals surface area contributed by atoms with Gasteiger partial charge in [0.25, 0.3) is 5.56 Å². The molecule has 0 atom stereocenters. The summed E-state index contributed by atoms with van der Waals surface area (Å²) in [6, 6.07) is 0. The van der Waals surface area contributed by atoms with Gasteiger partial charge in [0.15, 0.2) is 16.3 Å². The first kappa shape index (κ1) is 15.7. The standard InChI is InChI=1S/C13H15ClN4O2S/c1-4-7-21-13-15-10-9(18(13)6-5-8(2)14)11(19)16-12(20)17(10)3/h4-5H,1,6-7H2,2-3H3,(H,16,19,20)/b8-5+. The van der Waals surface area contributed by atoms with Crippen molar-refractivity contribution in [1.29, 1.82) is 0 Å². The molecule has 6 nitrogen and oxygen atoms in total. The molecule has 0 spiro atoms.